The van der Waals surface area contributed by atoms with E-state index in [1.54, 1.807) is 0 Å². The minimum Gasteiger partial charge on any atom is -0.390 e. The van der Waals surface area contributed by atoms with Gasteiger partial charge < -0.3 is 24.9 Å². The van der Waals surface area contributed by atoms with Crippen molar-refractivity contribution in [1.29, 1.82) is 0 Å². The number of aliphatic hydroxyl groups is 2. The van der Waals surface area contributed by atoms with Gasteiger partial charge in [0.1, 0.15) is 19.3 Å². The van der Waals surface area contributed by atoms with E-state index in [-0.39, 0.29) is 18.9 Å². The van der Waals surface area contributed by atoms with Crippen molar-refractivity contribution in [3.63, 3.8) is 0 Å². The molecule has 0 fully saturated rings. The molecule has 0 rings (SSSR count). The van der Waals surface area contributed by atoms with Crippen molar-refractivity contribution in [2.24, 2.45) is 0 Å². The van der Waals surface area contributed by atoms with Crippen LogP contribution in [0.25, 0.3) is 0 Å². The molecule has 0 aliphatic carbocycles. The highest BCUT2D eigenvalue weighted by Gasteiger charge is 2.31. The number of nitrogens with zero attached hydrogens (tertiary/aromatic N) is 1. The van der Waals surface area contributed by atoms with Crippen molar-refractivity contribution in [3.8, 4) is 0 Å². The van der Waals surface area contributed by atoms with Crippen LogP contribution in [0.3, 0.4) is 0 Å². The molecule has 0 heterocycles. The van der Waals surface area contributed by atoms with Gasteiger partial charge in [0, 0.05) is 6.42 Å². The molecule has 1 amide bonds. The van der Waals surface area contributed by atoms with Crippen LogP contribution in [-0.4, -0.2) is 84.6 Å². The smallest absolute Gasteiger partial charge is 0.390 e. The van der Waals surface area contributed by atoms with Gasteiger partial charge in [0.25, 0.3) is 0 Å². The number of phosphoric acid groups is 1. The third-order valence-electron chi connectivity index (χ3n) is 11.0. The van der Waals surface area contributed by atoms with Crippen LogP contribution in [-0.2, 0) is 18.4 Å². The Kier molecular flexibility index (Phi) is 39.8. The number of hydrogen-bond donors (Lipinski definition) is 4. The Bertz CT molecular complexity index is 1080. The second kappa shape index (κ2) is 40.7. The Labute approximate surface area is 364 Å². The van der Waals surface area contributed by atoms with Crippen LogP contribution in [0.2, 0.25) is 0 Å². The van der Waals surface area contributed by atoms with Crippen LogP contribution in [0.1, 0.15) is 213 Å². The van der Waals surface area contributed by atoms with Gasteiger partial charge in [-0.05, 0) is 70.6 Å². The molecule has 4 unspecified atom stereocenters. The number of likely N-dealkylation sites (N-methyl/N-ethyl adjacent to an activating group) is 1. The van der Waals surface area contributed by atoms with Crippen LogP contribution in [0.15, 0.2) is 36.5 Å². The van der Waals surface area contributed by atoms with E-state index in [2.05, 4.69) is 55.6 Å². The van der Waals surface area contributed by atoms with E-state index in [1.807, 2.05) is 21.1 Å². The lowest BCUT2D eigenvalue weighted by Gasteiger charge is -2.28. The average Bonchev–Trinajstić information content (AvgIpc) is 3.19. The van der Waals surface area contributed by atoms with Crippen molar-refractivity contribution >= 4 is 13.7 Å². The summed E-state index contributed by atoms with van der Waals surface area (Å²) in [6.45, 7) is 4.56. The fourth-order valence-corrected chi connectivity index (χ4v) is 7.73. The minimum atomic E-state index is -4.42. The van der Waals surface area contributed by atoms with Gasteiger partial charge in [-0.1, -0.05) is 172 Å². The van der Waals surface area contributed by atoms with E-state index in [1.165, 1.54) is 135 Å². The Morgan fingerprint density at radius 3 is 1.46 bits per heavy atom. The number of aliphatic hydroxyl groups excluding tert-OH is 2. The van der Waals surface area contributed by atoms with E-state index in [0.29, 0.717) is 23.9 Å². The van der Waals surface area contributed by atoms with Gasteiger partial charge in [0.15, 0.2) is 0 Å². The van der Waals surface area contributed by atoms with Crippen molar-refractivity contribution in [2.75, 3.05) is 40.9 Å². The van der Waals surface area contributed by atoms with E-state index in [4.69, 9.17) is 9.05 Å². The van der Waals surface area contributed by atoms with Crippen LogP contribution >= 0.6 is 7.82 Å². The zero-order valence-corrected chi connectivity index (χ0v) is 40.0. The maximum absolute atomic E-state index is 12.9. The first-order valence-electron chi connectivity index (χ1n) is 24.4. The lowest BCUT2D eigenvalue weighted by molar-refractivity contribution is -0.870. The SMILES string of the molecule is CCCCCCC/C=C\C/C=C\CCCCCCCCCCCCCC(=O)NC(COP(=O)(O)OCC[N+](C)(C)C)C(O)C(O)CCC/C=C/CCCCCCCCC. The quantitative estimate of drug-likeness (QED) is 0.0208. The molecule has 9 nitrogen and oxygen atoms in total. The van der Waals surface area contributed by atoms with Gasteiger partial charge >= 0.3 is 7.82 Å². The molecule has 0 aliphatic rings. The maximum Gasteiger partial charge on any atom is 0.472 e. The topological polar surface area (TPSA) is 125 Å². The summed E-state index contributed by atoms with van der Waals surface area (Å²) in [7, 11) is 1.42. The van der Waals surface area contributed by atoms with Crippen molar-refractivity contribution in [2.45, 2.75) is 231 Å². The molecule has 4 atom stereocenters. The van der Waals surface area contributed by atoms with E-state index in [9.17, 15) is 24.5 Å². The summed E-state index contributed by atoms with van der Waals surface area (Å²) < 4.78 is 23.5. The molecule has 0 aliphatic heterocycles. The predicted molar refractivity (Wildman–Crippen MR) is 250 cm³/mol. The molecule has 0 saturated carbocycles. The van der Waals surface area contributed by atoms with E-state index >= 15 is 0 Å². The summed E-state index contributed by atoms with van der Waals surface area (Å²) in [5.74, 6) is -0.271. The molecular formula is C49H96N2O7P+. The first-order valence-corrected chi connectivity index (χ1v) is 25.9. The van der Waals surface area contributed by atoms with Gasteiger partial charge in [-0.15, -0.1) is 0 Å². The Morgan fingerprint density at radius 2 is 1.00 bits per heavy atom. The third-order valence-corrected chi connectivity index (χ3v) is 11.9. The number of amides is 1. The largest absolute Gasteiger partial charge is 0.472 e. The van der Waals surface area contributed by atoms with Gasteiger partial charge in [-0.2, -0.15) is 0 Å². The molecule has 0 bridgehead atoms. The number of carbonyl (C=O) groups excluding carboxylic acids is 1. The predicted octanol–water partition coefficient (Wildman–Crippen LogP) is 12.8. The number of quaternary nitrogens is 1. The fraction of sp³-hybridized carbons (Fsp3) is 0.857. The number of carbonyl (C=O) groups is 1. The molecule has 348 valence electrons. The lowest BCUT2D eigenvalue weighted by Crippen LogP contribution is -2.51. The van der Waals surface area contributed by atoms with E-state index in [0.717, 1.165) is 44.9 Å². The highest BCUT2D eigenvalue weighted by molar-refractivity contribution is 7.47. The first kappa shape index (κ1) is 57.7. The Balaban J connectivity index is 4.37. The van der Waals surface area contributed by atoms with Gasteiger partial charge in [-0.3, -0.25) is 13.8 Å². The monoisotopic (exact) mass is 856 g/mol. The Hall–Kier alpha value is -1.32. The third kappa shape index (κ3) is 41.8. The number of allylic oxidation sites excluding steroid dienone is 6. The number of nitrogens with one attached hydrogen (secondary N) is 1. The average molecular weight is 856 g/mol. The number of unbranched alkanes of at least 4 members (excludes halogenated alkanes) is 24. The second-order valence-electron chi connectivity index (χ2n) is 18.0. The molecule has 0 saturated heterocycles. The summed E-state index contributed by atoms with van der Waals surface area (Å²) in [6.07, 6.45) is 46.4. The second-order valence-corrected chi connectivity index (χ2v) is 19.4. The van der Waals surface area contributed by atoms with Crippen molar-refractivity contribution in [1.82, 2.24) is 5.32 Å². The lowest BCUT2D eigenvalue weighted by atomic mass is 10.0. The van der Waals surface area contributed by atoms with E-state index < -0.39 is 32.7 Å². The molecule has 0 aromatic heterocycles. The van der Waals surface area contributed by atoms with Gasteiger partial charge in [-0.25, -0.2) is 4.57 Å². The summed E-state index contributed by atoms with van der Waals surface area (Å²) in [4.78, 5) is 23.2. The molecule has 0 spiro atoms. The first-order chi connectivity index (χ1) is 28.4. The summed E-state index contributed by atoms with van der Waals surface area (Å²) in [5.41, 5.74) is 0. The molecule has 0 aromatic rings. The van der Waals surface area contributed by atoms with Crippen LogP contribution in [0, 0.1) is 0 Å². The molecule has 0 aromatic carbocycles. The number of phosphoric ester groups is 1. The van der Waals surface area contributed by atoms with Crippen LogP contribution in [0.5, 0.6) is 0 Å². The normalized spacial score (nSPS) is 15.1. The number of rotatable bonds is 44. The van der Waals surface area contributed by atoms with Crippen LogP contribution in [0.4, 0.5) is 0 Å². The summed E-state index contributed by atoms with van der Waals surface area (Å²) in [5, 5.41) is 24.7. The van der Waals surface area contributed by atoms with Crippen molar-refractivity contribution in [3.05, 3.63) is 36.5 Å². The number of hydrogen-bond acceptors (Lipinski definition) is 6. The maximum atomic E-state index is 12.9. The highest BCUT2D eigenvalue weighted by atomic mass is 31.2. The van der Waals surface area contributed by atoms with Crippen LogP contribution < -0.4 is 5.32 Å². The minimum absolute atomic E-state index is 0.0158. The summed E-state index contributed by atoms with van der Waals surface area (Å²) >= 11 is 0. The van der Waals surface area contributed by atoms with Gasteiger partial charge in [0.05, 0.1) is 39.9 Å². The standard InChI is InChI=1S/C49H95N2O7P/c1-6-8-10-12-14-16-18-20-21-22-23-24-25-26-27-28-29-30-32-34-36-38-40-42-48(53)50-46(45-58-59(55,56)57-44-43-51(3,4)5)49(54)47(52)41-39-37-35-33-31-19-17-15-13-11-9-7-2/h18,20,22-23,33,35,46-47,49,52,54H,6-17,19,21,24-32,34,36-45H2,1-5H3,(H-,50,53,55,56)/p+1/b20-18-,23-22-,35-33+. The molecule has 59 heavy (non-hydrogen) atoms. The highest BCUT2D eigenvalue weighted by Crippen LogP contribution is 2.43. The zero-order valence-electron chi connectivity index (χ0n) is 39.1. The summed E-state index contributed by atoms with van der Waals surface area (Å²) in [6, 6.07) is -1.05. The molecule has 10 heteroatoms. The molecule has 0 radical (unpaired) electrons. The fourth-order valence-electron chi connectivity index (χ4n) is 7.00. The Morgan fingerprint density at radius 1 is 0.593 bits per heavy atom. The van der Waals surface area contributed by atoms with Gasteiger partial charge in [0.2, 0.25) is 5.91 Å². The molecular weight excluding hydrogens is 760 g/mol. The molecule has 4 N–H and O–H groups in total. The zero-order chi connectivity index (χ0) is 43.7. The van der Waals surface area contributed by atoms with Crippen molar-refractivity contribution < 1.29 is 38.0 Å².